The highest BCUT2D eigenvalue weighted by Crippen LogP contribution is 2.28. The van der Waals surface area contributed by atoms with Crippen LogP contribution in [0.15, 0.2) is 53.4 Å². The van der Waals surface area contributed by atoms with Crippen LogP contribution in [0.5, 0.6) is 11.5 Å². The van der Waals surface area contributed by atoms with Crippen LogP contribution >= 0.6 is 11.6 Å². The molecule has 172 valence electrons. The highest BCUT2D eigenvalue weighted by Gasteiger charge is 2.29. The zero-order chi connectivity index (χ0) is 23.0. The first-order valence-electron chi connectivity index (χ1n) is 9.89. The van der Waals surface area contributed by atoms with Gasteiger partial charge in [0.1, 0.15) is 29.6 Å². The van der Waals surface area contributed by atoms with E-state index in [0.29, 0.717) is 29.5 Å². The van der Waals surface area contributed by atoms with Gasteiger partial charge in [-0.3, -0.25) is 0 Å². The third-order valence-electron chi connectivity index (χ3n) is 4.60. The molecule has 0 radical (unpaired) electrons. The summed E-state index contributed by atoms with van der Waals surface area (Å²) in [7, 11) is -2.35. The molecule has 10 heteroatoms. The van der Waals surface area contributed by atoms with Crippen LogP contribution in [0.4, 0.5) is 0 Å². The Balaban J connectivity index is 1.59. The van der Waals surface area contributed by atoms with Crippen molar-refractivity contribution in [3.8, 4) is 11.5 Å². The molecule has 0 amide bonds. The van der Waals surface area contributed by atoms with E-state index in [-0.39, 0.29) is 36.9 Å². The Kier molecular flexibility index (Phi) is 8.52. The van der Waals surface area contributed by atoms with Crippen molar-refractivity contribution in [2.24, 2.45) is 0 Å². The first kappa shape index (κ1) is 24.1. The maximum atomic E-state index is 13.0. The molecule has 0 bridgehead atoms. The average Bonchev–Trinajstić information content (AvgIpc) is 2.82. The van der Waals surface area contributed by atoms with Gasteiger partial charge in [-0.15, -0.1) is 0 Å². The predicted octanol–water partition coefficient (Wildman–Crippen LogP) is 3.00. The number of carbonyl (C=O) groups is 1. The Morgan fingerprint density at radius 3 is 2.53 bits per heavy atom. The van der Waals surface area contributed by atoms with E-state index in [9.17, 15) is 13.2 Å². The molecule has 1 aliphatic rings. The van der Waals surface area contributed by atoms with E-state index in [0.717, 1.165) is 0 Å². The third-order valence-corrected chi connectivity index (χ3v) is 6.77. The second-order valence-electron chi connectivity index (χ2n) is 6.73. The quantitative estimate of drug-likeness (QED) is 0.309. The average molecular weight is 482 g/mol. The van der Waals surface area contributed by atoms with Crippen LogP contribution in [0, 0.1) is 0 Å². The van der Waals surface area contributed by atoms with Crippen molar-refractivity contribution in [2.75, 3.05) is 46.6 Å². The lowest BCUT2D eigenvalue weighted by molar-refractivity contribution is -0.138. The maximum Gasteiger partial charge on any atom is 0.330 e. The topological polar surface area (TPSA) is 91.4 Å². The molecule has 0 N–H and O–H groups in total. The summed E-state index contributed by atoms with van der Waals surface area (Å²) in [5.74, 6) is 0.280. The smallest absolute Gasteiger partial charge is 0.330 e. The number of hydrogen-bond donors (Lipinski definition) is 0. The van der Waals surface area contributed by atoms with Crippen LogP contribution in [0.1, 0.15) is 5.56 Å². The minimum Gasteiger partial charge on any atom is -0.495 e. The maximum absolute atomic E-state index is 13.0. The van der Waals surface area contributed by atoms with Gasteiger partial charge in [-0.05, 0) is 48.0 Å². The highest BCUT2D eigenvalue weighted by molar-refractivity contribution is 7.89. The fourth-order valence-electron chi connectivity index (χ4n) is 2.97. The van der Waals surface area contributed by atoms with E-state index in [4.69, 9.17) is 30.5 Å². The molecular formula is C22H24ClNO7S. The van der Waals surface area contributed by atoms with Crippen LogP contribution in [0.25, 0.3) is 6.08 Å². The van der Waals surface area contributed by atoms with Gasteiger partial charge in [-0.1, -0.05) is 17.7 Å². The zero-order valence-electron chi connectivity index (χ0n) is 17.5. The summed E-state index contributed by atoms with van der Waals surface area (Å²) < 4.78 is 48.4. The number of morpholine rings is 1. The van der Waals surface area contributed by atoms with E-state index in [1.165, 1.54) is 29.6 Å². The number of nitrogens with zero attached hydrogens (tertiary/aromatic N) is 1. The molecule has 1 fully saturated rings. The standard InChI is InChI=1S/C22H24ClNO7S/c1-28-20-8-2-17(16-21(20)32(26,27)24-10-12-29-13-11-24)3-9-22(25)31-15-14-30-19-6-4-18(23)5-7-19/h2-9,16H,10-15H2,1H3. The molecule has 0 spiro atoms. The summed E-state index contributed by atoms with van der Waals surface area (Å²) in [5.41, 5.74) is 0.520. The Morgan fingerprint density at radius 1 is 1.12 bits per heavy atom. The molecule has 8 nitrogen and oxygen atoms in total. The number of methoxy groups -OCH3 is 1. The molecule has 1 aliphatic heterocycles. The molecule has 2 aromatic rings. The minimum absolute atomic E-state index is 0.0359. The Bertz CT molecular complexity index is 1050. The van der Waals surface area contributed by atoms with Gasteiger partial charge >= 0.3 is 5.97 Å². The van der Waals surface area contributed by atoms with Gasteiger partial charge in [0.05, 0.1) is 20.3 Å². The zero-order valence-corrected chi connectivity index (χ0v) is 19.1. The number of benzene rings is 2. The van der Waals surface area contributed by atoms with Crippen LogP contribution in [0.3, 0.4) is 0 Å². The van der Waals surface area contributed by atoms with Crippen LogP contribution in [-0.4, -0.2) is 65.3 Å². The first-order valence-corrected chi connectivity index (χ1v) is 11.7. The van der Waals surface area contributed by atoms with Crippen molar-refractivity contribution >= 4 is 33.7 Å². The van der Waals surface area contributed by atoms with Crippen molar-refractivity contribution in [1.29, 1.82) is 0 Å². The van der Waals surface area contributed by atoms with Gasteiger partial charge in [0.25, 0.3) is 0 Å². The fourth-order valence-corrected chi connectivity index (χ4v) is 4.69. The van der Waals surface area contributed by atoms with Crippen molar-refractivity contribution < 1.29 is 32.2 Å². The summed E-state index contributed by atoms with van der Waals surface area (Å²) in [6.45, 7) is 1.48. The van der Waals surface area contributed by atoms with Gasteiger partial charge in [0.15, 0.2) is 0 Å². The van der Waals surface area contributed by atoms with Gasteiger partial charge in [-0.25, -0.2) is 13.2 Å². The van der Waals surface area contributed by atoms with Crippen molar-refractivity contribution in [3.05, 3.63) is 59.1 Å². The number of ether oxygens (including phenoxy) is 4. The molecule has 1 heterocycles. The number of sulfonamides is 1. The lowest BCUT2D eigenvalue weighted by Gasteiger charge is -2.26. The molecule has 0 atom stereocenters. The summed E-state index contributed by atoms with van der Waals surface area (Å²) in [6, 6.07) is 11.5. The Labute approximate surface area is 192 Å². The van der Waals surface area contributed by atoms with Crippen LogP contribution in [0.2, 0.25) is 5.02 Å². The molecule has 3 rings (SSSR count). The van der Waals surface area contributed by atoms with Crippen LogP contribution in [-0.2, 0) is 24.3 Å². The monoisotopic (exact) mass is 481 g/mol. The Hall–Kier alpha value is -2.59. The largest absolute Gasteiger partial charge is 0.495 e. The molecule has 0 unspecified atom stereocenters. The number of halogens is 1. The van der Waals surface area contributed by atoms with E-state index >= 15 is 0 Å². The molecule has 0 aromatic heterocycles. The van der Waals surface area contributed by atoms with Gasteiger partial charge in [0.2, 0.25) is 10.0 Å². The number of hydrogen-bond acceptors (Lipinski definition) is 7. The molecule has 1 saturated heterocycles. The number of carbonyl (C=O) groups excluding carboxylic acids is 1. The number of rotatable bonds is 9. The summed E-state index contributed by atoms with van der Waals surface area (Å²) in [5, 5.41) is 0.605. The molecular weight excluding hydrogens is 458 g/mol. The Morgan fingerprint density at radius 2 is 1.84 bits per heavy atom. The lowest BCUT2D eigenvalue weighted by Crippen LogP contribution is -2.40. The van der Waals surface area contributed by atoms with E-state index in [2.05, 4.69) is 0 Å². The predicted molar refractivity (Wildman–Crippen MR) is 120 cm³/mol. The molecule has 0 aliphatic carbocycles. The molecule has 2 aromatic carbocycles. The van der Waals surface area contributed by atoms with Gasteiger partial charge in [0, 0.05) is 24.2 Å². The second kappa shape index (κ2) is 11.3. The first-order chi connectivity index (χ1) is 15.4. The molecule has 0 saturated carbocycles. The normalized spacial score (nSPS) is 14.9. The summed E-state index contributed by atoms with van der Waals surface area (Å²) >= 11 is 5.81. The SMILES string of the molecule is COc1ccc(C=CC(=O)OCCOc2ccc(Cl)cc2)cc1S(=O)(=O)N1CCOCC1. The second-order valence-corrected chi connectivity index (χ2v) is 9.07. The van der Waals surface area contributed by atoms with Gasteiger partial charge in [-0.2, -0.15) is 4.31 Å². The minimum atomic E-state index is -3.76. The summed E-state index contributed by atoms with van der Waals surface area (Å²) in [4.78, 5) is 12.0. The van der Waals surface area contributed by atoms with Crippen molar-refractivity contribution in [2.45, 2.75) is 4.90 Å². The third kappa shape index (κ3) is 6.46. The van der Waals surface area contributed by atoms with Crippen molar-refractivity contribution in [1.82, 2.24) is 4.31 Å². The molecule has 32 heavy (non-hydrogen) atoms. The van der Waals surface area contributed by atoms with Gasteiger partial charge < -0.3 is 18.9 Å². The van der Waals surface area contributed by atoms with Crippen molar-refractivity contribution in [3.63, 3.8) is 0 Å². The van der Waals surface area contributed by atoms with E-state index in [1.807, 2.05) is 0 Å². The highest BCUT2D eigenvalue weighted by atomic mass is 35.5. The number of esters is 1. The summed E-state index contributed by atoms with van der Waals surface area (Å²) in [6.07, 6.45) is 2.72. The van der Waals surface area contributed by atoms with E-state index < -0.39 is 16.0 Å². The van der Waals surface area contributed by atoms with Crippen LogP contribution < -0.4 is 9.47 Å². The fraction of sp³-hybridized carbons (Fsp3) is 0.318. The van der Waals surface area contributed by atoms with E-state index in [1.54, 1.807) is 36.4 Å². The lowest BCUT2D eigenvalue weighted by atomic mass is 10.2.